The number of carbonyl (C=O) groups excluding carboxylic acids is 1. The Morgan fingerprint density at radius 1 is 1.56 bits per heavy atom. The third-order valence-corrected chi connectivity index (χ3v) is 2.36. The van der Waals surface area contributed by atoms with E-state index in [0.717, 1.165) is 6.07 Å². The Labute approximate surface area is 108 Å². The molecule has 1 amide bonds. The van der Waals surface area contributed by atoms with E-state index in [-0.39, 0.29) is 11.6 Å². The molecule has 0 atom stereocenters. The lowest BCUT2D eigenvalue weighted by Gasteiger charge is -2.19. The van der Waals surface area contributed by atoms with Crippen molar-refractivity contribution in [3.05, 3.63) is 28.0 Å². The molecule has 18 heavy (non-hydrogen) atoms. The highest BCUT2D eigenvalue weighted by atomic mass is 35.5. The molecular weight excluding hydrogens is 264 g/mol. The summed E-state index contributed by atoms with van der Waals surface area (Å²) in [5.74, 6) is -0.724. The first kappa shape index (κ1) is 14.5. The highest BCUT2D eigenvalue weighted by Gasteiger charge is 2.21. The largest absolute Gasteiger partial charge is 0.433 e. The molecule has 100 valence electrons. The van der Waals surface area contributed by atoms with Crippen molar-refractivity contribution in [2.45, 2.75) is 0 Å². The Kier molecular flexibility index (Phi) is 5.60. The molecule has 0 aliphatic heterocycles. The molecule has 0 unspecified atom stereocenters. The SMILES string of the molecule is COCCN(CCCl)C(=O)c1ccc([N+](=O)[O-])o1. The van der Waals surface area contributed by atoms with Crippen LogP contribution in [0.15, 0.2) is 16.5 Å². The maximum absolute atomic E-state index is 12.0. The van der Waals surface area contributed by atoms with Gasteiger partial charge < -0.3 is 14.1 Å². The molecule has 0 saturated carbocycles. The molecule has 0 aliphatic rings. The van der Waals surface area contributed by atoms with Crippen LogP contribution in [0.1, 0.15) is 10.6 Å². The topological polar surface area (TPSA) is 85.8 Å². The van der Waals surface area contributed by atoms with Gasteiger partial charge in [0.25, 0.3) is 5.91 Å². The molecule has 1 aromatic rings. The molecule has 1 aromatic heterocycles. The average Bonchev–Trinajstić information content (AvgIpc) is 2.83. The maximum Gasteiger partial charge on any atom is 0.433 e. The van der Waals surface area contributed by atoms with Gasteiger partial charge in [-0.2, -0.15) is 0 Å². The lowest BCUT2D eigenvalue weighted by molar-refractivity contribution is -0.402. The Morgan fingerprint density at radius 3 is 2.78 bits per heavy atom. The van der Waals surface area contributed by atoms with Gasteiger partial charge in [0, 0.05) is 26.1 Å². The lowest BCUT2D eigenvalue weighted by Crippen LogP contribution is -2.35. The van der Waals surface area contributed by atoms with Crippen LogP contribution in [0.2, 0.25) is 0 Å². The summed E-state index contributed by atoms with van der Waals surface area (Å²) < 4.78 is 9.71. The standard InChI is InChI=1S/C10H13ClN2O5/c1-17-7-6-12(5-4-11)10(14)8-2-3-9(18-8)13(15)16/h2-3H,4-7H2,1H3. The molecule has 0 bridgehead atoms. The van der Waals surface area contributed by atoms with Crippen LogP contribution in [0.3, 0.4) is 0 Å². The Hall–Kier alpha value is -1.60. The Bertz CT molecular complexity index is 420. The van der Waals surface area contributed by atoms with Crippen molar-refractivity contribution in [3.63, 3.8) is 0 Å². The first-order chi connectivity index (χ1) is 8.60. The van der Waals surface area contributed by atoms with E-state index < -0.39 is 16.7 Å². The van der Waals surface area contributed by atoms with Gasteiger partial charge in [-0.25, -0.2) is 0 Å². The van der Waals surface area contributed by atoms with Crippen molar-refractivity contribution in [2.24, 2.45) is 0 Å². The van der Waals surface area contributed by atoms with Gasteiger partial charge in [0.2, 0.25) is 0 Å². The van der Waals surface area contributed by atoms with E-state index in [1.54, 1.807) is 0 Å². The van der Waals surface area contributed by atoms with Crippen LogP contribution in [-0.4, -0.2) is 48.4 Å². The van der Waals surface area contributed by atoms with Crippen LogP contribution >= 0.6 is 11.6 Å². The summed E-state index contributed by atoms with van der Waals surface area (Å²) in [6, 6.07) is 2.41. The predicted molar refractivity (Wildman–Crippen MR) is 63.9 cm³/mol. The number of alkyl halides is 1. The van der Waals surface area contributed by atoms with Gasteiger partial charge in [0.1, 0.15) is 4.92 Å². The number of furan rings is 1. The number of carbonyl (C=O) groups is 1. The van der Waals surface area contributed by atoms with Crippen molar-refractivity contribution < 1.29 is 18.9 Å². The van der Waals surface area contributed by atoms with Gasteiger partial charge >= 0.3 is 5.88 Å². The van der Waals surface area contributed by atoms with Crippen LogP contribution in [0.4, 0.5) is 5.88 Å². The number of nitro groups is 1. The average molecular weight is 277 g/mol. The fraction of sp³-hybridized carbons (Fsp3) is 0.500. The summed E-state index contributed by atoms with van der Waals surface area (Å²) in [6.07, 6.45) is 0. The summed E-state index contributed by atoms with van der Waals surface area (Å²) in [4.78, 5) is 23.1. The van der Waals surface area contributed by atoms with E-state index in [1.807, 2.05) is 0 Å². The first-order valence-corrected chi connectivity index (χ1v) is 5.72. The van der Waals surface area contributed by atoms with E-state index in [4.69, 9.17) is 20.8 Å². The second kappa shape index (κ2) is 6.97. The molecule has 1 rings (SSSR count). The zero-order chi connectivity index (χ0) is 13.5. The molecule has 0 aromatic carbocycles. The monoisotopic (exact) mass is 276 g/mol. The number of ether oxygens (including phenoxy) is 1. The van der Waals surface area contributed by atoms with Crippen molar-refractivity contribution in [2.75, 3.05) is 32.7 Å². The molecular formula is C10H13ClN2O5. The van der Waals surface area contributed by atoms with Crippen LogP contribution in [0, 0.1) is 10.1 Å². The van der Waals surface area contributed by atoms with Crippen molar-refractivity contribution in [1.29, 1.82) is 0 Å². The lowest BCUT2D eigenvalue weighted by atomic mass is 10.3. The summed E-state index contributed by atoms with van der Waals surface area (Å²) >= 11 is 5.59. The molecule has 8 heteroatoms. The summed E-state index contributed by atoms with van der Waals surface area (Å²) in [7, 11) is 1.51. The van der Waals surface area contributed by atoms with E-state index in [1.165, 1.54) is 18.1 Å². The van der Waals surface area contributed by atoms with E-state index in [2.05, 4.69) is 0 Å². The van der Waals surface area contributed by atoms with E-state index in [0.29, 0.717) is 19.7 Å². The molecule has 0 fully saturated rings. The van der Waals surface area contributed by atoms with Crippen LogP contribution in [-0.2, 0) is 4.74 Å². The van der Waals surface area contributed by atoms with Crippen LogP contribution < -0.4 is 0 Å². The molecule has 0 N–H and O–H groups in total. The molecule has 7 nitrogen and oxygen atoms in total. The number of hydrogen-bond acceptors (Lipinski definition) is 5. The van der Waals surface area contributed by atoms with E-state index >= 15 is 0 Å². The zero-order valence-corrected chi connectivity index (χ0v) is 10.6. The normalized spacial score (nSPS) is 10.3. The van der Waals surface area contributed by atoms with Crippen molar-refractivity contribution in [1.82, 2.24) is 4.90 Å². The number of hydrogen-bond donors (Lipinski definition) is 0. The second-order valence-corrected chi connectivity index (χ2v) is 3.75. The quantitative estimate of drug-likeness (QED) is 0.428. The Morgan fingerprint density at radius 2 is 2.28 bits per heavy atom. The highest BCUT2D eigenvalue weighted by molar-refractivity contribution is 6.18. The zero-order valence-electron chi connectivity index (χ0n) is 9.80. The third kappa shape index (κ3) is 3.71. The number of rotatable bonds is 7. The van der Waals surface area contributed by atoms with Crippen molar-refractivity contribution >= 4 is 23.4 Å². The summed E-state index contributed by atoms with van der Waals surface area (Å²) in [5.41, 5.74) is 0. The fourth-order valence-electron chi connectivity index (χ4n) is 1.31. The molecule has 0 radical (unpaired) electrons. The first-order valence-electron chi connectivity index (χ1n) is 5.18. The summed E-state index contributed by atoms with van der Waals surface area (Å²) in [6.45, 7) is 1.01. The van der Waals surface area contributed by atoms with Gasteiger partial charge in [0.15, 0.2) is 5.76 Å². The van der Waals surface area contributed by atoms with Gasteiger partial charge in [-0.05, 0) is 6.07 Å². The van der Waals surface area contributed by atoms with Crippen LogP contribution in [0.25, 0.3) is 0 Å². The summed E-state index contributed by atoms with van der Waals surface area (Å²) in [5, 5.41) is 10.5. The molecule has 0 spiro atoms. The predicted octanol–water partition coefficient (Wildman–Crippen LogP) is 1.52. The smallest absolute Gasteiger partial charge is 0.395 e. The number of methoxy groups -OCH3 is 1. The van der Waals surface area contributed by atoms with Crippen LogP contribution in [0.5, 0.6) is 0 Å². The minimum absolute atomic E-state index is 0.0806. The Balaban J connectivity index is 2.77. The van der Waals surface area contributed by atoms with E-state index in [9.17, 15) is 14.9 Å². The van der Waals surface area contributed by atoms with Gasteiger partial charge in [0.05, 0.1) is 12.7 Å². The highest BCUT2D eigenvalue weighted by Crippen LogP contribution is 2.17. The molecule has 0 saturated heterocycles. The van der Waals surface area contributed by atoms with Gasteiger partial charge in [-0.3, -0.25) is 14.9 Å². The van der Waals surface area contributed by atoms with Gasteiger partial charge in [-0.15, -0.1) is 11.6 Å². The minimum Gasteiger partial charge on any atom is -0.395 e. The number of amides is 1. The van der Waals surface area contributed by atoms with Gasteiger partial charge in [-0.1, -0.05) is 0 Å². The minimum atomic E-state index is -0.697. The number of halogens is 1. The van der Waals surface area contributed by atoms with Crippen molar-refractivity contribution in [3.8, 4) is 0 Å². The molecule has 1 heterocycles. The third-order valence-electron chi connectivity index (χ3n) is 2.19. The fourth-order valence-corrected chi connectivity index (χ4v) is 1.52. The second-order valence-electron chi connectivity index (χ2n) is 3.37. The number of nitrogens with zero attached hydrogens (tertiary/aromatic N) is 2. The maximum atomic E-state index is 12.0. The molecule has 0 aliphatic carbocycles.